The second kappa shape index (κ2) is 6.84. The quantitative estimate of drug-likeness (QED) is 0.782. The molecule has 1 atom stereocenters. The zero-order chi connectivity index (χ0) is 18.1. The van der Waals surface area contributed by atoms with Crippen LogP contribution in [0.25, 0.3) is 10.9 Å². The third-order valence-corrected chi connectivity index (χ3v) is 4.62. The maximum absolute atomic E-state index is 13.4. The van der Waals surface area contributed by atoms with Gasteiger partial charge in [0.05, 0.1) is 12.2 Å². The summed E-state index contributed by atoms with van der Waals surface area (Å²) < 4.78 is 20.7. The smallest absolute Gasteiger partial charge is 0.268 e. The molecule has 0 unspecified atom stereocenters. The van der Waals surface area contributed by atoms with Gasteiger partial charge in [0.15, 0.2) is 5.82 Å². The number of rotatable bonds is 4. The molecule has 26 heavy (non-hydrogen) atoms. The lowest BCUT2D eigenvalue weighted by molar-refractivity contribution is 0.0942. The minimum Gasteiger partial charge on any atom is -0.370 e. The van der Waals surface area contributed by atoms with Crippen molar-refractivity contribution < 1.29 is 13.9 Å². The molecule has 2 aromatic heterocycles. The average Bonchev–Trinajstić information content (AvgIpc) is 3.28. The molecule has 1 aliphatic heterocycles. The van der Waals surface area contributed by atoms with Crippen molar-refractivity contribution in [2.24, 2.45) is 7.05 Å². The van der Waals surface area contributed by atoms with E-state index < -0.39 is 0 Å². The lowest BCUT2D eigenvalue weighted by atomic mass is 10.2. The Bertz CT molecular complexity index is 963. The van der Waals surface area contributed by atoms with Crippen LogP contribution in [0.4, 0.5) is 4.39 Å². The number of nitrogens with one attached hydrogen (secondary N) is 1. The number of carbonyl (C=O) groups excluding carboxylic acids is 1. The van der Waals surface area contributed by atoms with Gasteiger partial charge in [-0.2, -0.15) is 0 Å². The molecule has 0 aliphatic carbocycles. The predicted molar refractivity (Wildman–Crippen MR) is 94.0 cm³/mol. The van der Waals surface area contributed by atoms with E-state index in [4.69, 9.17) is 4.74 Å². The molecule has 0 radical (unpaired) electrons. The molecular weight excluding hydrogens is 335 g/mol. The number of amides is 1. The summed E-state index contributed by atoms with van der Waals surface area (Å²) in [6.07, 6.45) is 3.56. The highest BCUT2D eigenvalue weighted by Crippen LogP contribution is 2.25. The van der Waals surface area contributed by atoms with Crippen molar-refractivity contribution in [1.82, 2.24) is 19.9 Å². The molecule has 4 rings (SSSR count). The molecule has 134 valence electrons. The number of hydrogen-bond donors (Lipinski definition) is 1. The monoisotopic (exact) mass is 354 g/mol. The first-order valence-corrected chi connectivity index (χ1v) is 8.58. The van der Waals surface area contributed by atoms with E-state index in [-0.39, 0.29) is 24.4 Å². The molecule has 0 saturated carbocycles. The molecule has 1 fully saturated rings. The number of benzene rings is 1. The van der Waals surface area contributed by atoms with Gasteiger partial charge in [0, 0.05) is 30.8 Å². The summed E-state index contributed by atoms with van der Waals surface area (Å²) in [5, 5.41) is 3.56. The van der Waals surface area contributed by atoms with Crippen molar-refractivity contribution in [1.29, 1.82) is 0 Å². The van der Waals surface area contributed by atoms with E-state index in [9.17, 15) is 9.18 Å². The SMILES string of the molecule is Cn1c(C(=O)NCc2ccnc([C@H]3CCCO3)n2)cc2cc(F)ccc21. The fourth-order valence-corrected chi connectivity index (χ4v) is 3.25. The van der Waals surface area contributed by atoms with E-state index in [1.54, 1.807) is 36.0 Å². The minimum atomic E-state index is -0.322. The Labute approximate surface area is 150 Å². The van der Waals surface area contributed by atoms with Gasteiger partial charge in [-0.1, -0.05) is 0 Å². The number of ether oxygens (including phenoxy) is 1. The summed E-state index contributed by atoms with van der Waals surface area (Å²) in [5.74, 6) is 0.105. The summed E-state index contributed by atoms with van der Waals surface area (Å²) in [5.41, 5.74) is 2.00. The van der Waals surface area contributed by atoms with Crippen molar-refractivity contribution >= 4 is 16.8 Å². The molecule has 1 aliphatic rings. The van der Waals surface area contributed by atoms with Crippen molar-refractivity contribution in [3.63, 3.8) is 0 Å². The lowest BCUT2D eigenvalue weighted by Gasteiger charge is -2.10. The molecule has 3 aromatic rings. The maximum atomic E-state index is 13.4. The van der Waals surface area contributed by atoms with Gasteiger partial charge in [0.2, 0.25) is 0 Å². The third-order valence-electron chi connectivity index (χ3n) is 4.62. The highest BCUT2D eigenvalue weighted by molar-refractivity contribution is 5.98. The van der Waals surface area contributed by atoms with Crippen LogP contribution in [-0.4, -0.2) is 27.0 Å². The van der Waals surface area contributed by atoms with Gasteiger partial charge < -0.3 is 14.6 Å². The third kappa shape index (κ3) is 3.17. The van der Waals surface area contributed by atoms with Crippen molar-refractivity contribution in [3.05, 3.63) is 59.6 Å². The second-order valence-corrected chi connectivity index (χ2v) is 6.38. The van der Waals surface area contributed by atoms with Crippen LogP contribution in [0.3, 0.4) is 0 Å². The van der Waals surface area contributed by atoms with Crippen LogP contribution in [0.5, 0.6) is 0 Å². The van der Waals surface area contributed by atoms with E-state index in [1.807, 2.05) is 0 Å². The second-order valence-electron chi connectivity index (χ2n) is 6.38. The zero-order valence-electron chi connectivity index (χ0n) is 14.4. The molecule has 0 bridgehead atoms. The first-order valence-electron chi connectivity index (χ1n) is 8.58. The van der Waals surface area contributed by atoms with E-state index >= 15 is 0 Å². The molecule has 3 heterocycles. The van der Waals surface area contributed by atoms with Crippen LogP contribution in [-0.2, 0) is 18.3 Å². The Balaban J connectivity index is 1.49. The maximum Gasteiger partial charge on any atom is 0.268 e. The molecule has 1 N–H and O–H groups in total. The Morgan fingerprint density at radius 2 is 2.27 bits per heavy atom. The fraction of sp³-hybridized carbons (Fsp3) is 0.316. The Hall–Kier alpha value is -2.80. The van der Waals surface area contributed by atoms with Gasteiger partial charge in [-0.15, -0.1) is 0 Å². The van der Waals surface area contributed by atoms with Crippen LogP contribution in [0.2, 0.25) is 0 Å². The zero-order valence-corrected chi connectivity index (χ0v) is 14.4. The van der Waals surface area contributed by atoms with Crippen LogP contribution in [0.1, 0.15) is 41.0 Å². The van der Waals surface area contributed by atoms with Gasteiger partial charge in [0.1, 0.15) is 17.6 Å². The van der Waals surface area contributed by atoms with Crippen LogP contribution >= 0.6 is 0 Å². The standard InChI is InChI=1S/C19H19FN4O2/c1-24-15-5-4-13(20)9-12(15)10-16(24)19(25)22-11-14-6-7-21-18(23-14)17-3-2-8-26-17/h4-7,9-10,17H,2-3,8,11H2,1H3,(H,22,25)/t17-/m1/s1. The summed E-state index contributed by atoms with van der Waals surface area (Å²) in [7, 11) is 1.79. The van der Waals surface area contributed by atoms with Crippen molar-refractivity contribution in [3.8, 4) is 0 Å². The number of fused-ring (bicyclic) bond motifs is 1. The summed E-state index contributed by atoms with van der Waals surface area (Å²) in [6, 6.07) is 7.93. The summed E-state index contributed by atoms with van der Waals surface area (Å²) >= 11 is 0. The van der Waals surface area contributed by atoms with Crippen LogP contribution < -0.4 is 5.32 Å². The number of hydrogen-bond acceptors (Lipinski definition) is 4. The highest BCUT2D eigenvalue weighted by Gasteiger charge is 2.20. The number of carbonyl (C=O) groups is 1. The minimum absolute atomic E-state index is 0.0567. The average molecular weight is 354 g/mol. The first kappa shape index (κ1) is 16.7. The van der Waals surface area contributed by atoms with Crippen LogP contribution in [0, 0.1) is 5.82 Å². The summed E-state index contributed by atoms with van der Waals surface area (Å²) in [6.45, 7) is 1.02. The number of nitrogens with zero attached hydrogens (tertiary/aromatic N) is 3. The van der Waals surface area contributed by atoms with Gasteiger partial charge in [-0.25, -0.2) is 14.4 Å². The molecule has 0 spiro atoms. The van der Waals surface area contributed by atoms with Gasteiger partial charge >= 0.3 is 0 Å². The lowest BCUT2D eigenvalue weighted by Crippen LogP contribution is -2.25. The number of halogens is 1. The Kier molecular flexibility index (Phi) is 4.38. The largest absolute Gasteiger partial charge is 0.370 e. The molecule has 7 heteroatoms. The first-order chi connectivity index (χ1) is 12.6. The van der Waals surface area contributed by atoms with E-state index in [0.717, 1.165) is 30.7 Å². The number of aryl methyl sites for hydroxylation is 1. The molecule has 1 saturated heterocycles. The van der Waals surface area contributed by atoms with Crippen molar-refractivity contribution in [2.75, 3.05) is 6.61 Å². The number of aromatic nitrogens is 3. The van der Waals surface area contributed by atoms with E-state index in [1.165, 1.54) is 12.1 Å². The van der Waals surface area contributed by atoms with E-state index in [0.29, 0.717) is 16.9 Å². The molecule has 6 nitrogen and oxygen atoms in total. The Morgan fingerprint density at radius 1 is 1.38 bits per heavy atom. The topological polar surface area (TPSA) is 69.0 Å². The van der Waals surface area contributed by atoms with Gasteiger partial charge in [-0.3, -0.25) is 4.79 Å². The molecule has 1 aromatic carbocycles. The fourth-order valence-electron chi connectivity index (χ4n) is 3.25. The van der Waals surface area contributed by atoms with Crippen molar-refractivity contribution in [2.45, 2.75) is 25.5 Å². The summed E-state index contributed by atoms with van der Waals surface area (Å²) in [4.78, 5) is 21.3. The van der Waals surface area contributed by atoms with Crippen LogP contribution in [0.15, 0.2) is 36.5 Å². The van der Waals surface area contributed by atoms with Gasteiger partial charge in [0.25, 0.3) is 5.91 Å². The molecule has 1 amide bonds. The van der Waals surface area contributed by atoms with E-state index in [2.05, 4.69) is 15.3 Å². The van der Waals surface area contributed by atoms with Gasteiger partial charge in [-0.05, 0) is 43.2 Å². The predicted octanol–water partition coefficient (Wildman–Crippen LogP) is 2.89. The molecular formula is C19H19FN4O2. The highest BCUT2D eigenvalue weighted by atomic mass is 19.1. The Morgan fingerprint density at radius 3 is 3.08 bits per heavy atom. The normalized spacial score (nSPS) is 16.9.